The van der Waals surface area contributed by atoms with E-state index in [0.29, 0.717) is 26.1 Å². The fourth-order valence-corrected chi connectivity index (χ4v) is 2.22. The van der Waals surface area contributed by atoms with Crippen LogP contribution < -0.4 is 0 Å². The van der Waals surface area contributed by atoms with Gasteiger partial charge in [-0.05, 0) is 18.4 Å². The first-order chi connectivity index (χ1) is 8.13. The van der Waals surface area contributed by atoms with Crippen LogP contribution in [0.4, 0.5) is 0 Å². The highest BCUT2D eigenvalue weighted by Crippen LogP contribution is 2.11. The summed E-state index contributed by atoms with van der Waals surface area (Å²) in [5, 5.41) is 8.68. The molecule has 0 radical (unpaired) electrons. The zero-order valence-corrected chi connectivity index (χ0v) is 10.9. The molecule has 0 bridgehead atoms. The quantitative estimate of drug-likeness (QED) is 0.717. The molecule has 1 N–H and O–H groups in total. The number of carbonyl (C=O) groups excluding carboxylic acids is 1. The van der Waals surface area contributed by atoms with Gasteiger partial charge in [-0.1, -0.05) is 0 Å². The number of carboxylic acid groups (broad SMARTS) is 1. The number of ether oxygens (including phenoxy) is 1. The number of rotatable bonds is 6. The zero-order chi connectivity index (χ0) is 12.7. The summed E-state index contributed by atoms with van der Waals surface area (Å²) in [6.45, 7) is 1.42. The number of carboxylic acids is 1. The van der Waals surface area contributed by atoms with Crippen molar-refractivity contribution in [3.63, 3.8) is 0 Å². The average molecular weight is 261 g/mol. The van der Waals surface area contributed by atoms with Gasteiger partial charge in [0.05, 0.1) is 19.1 Å². The Hall–Kier alpha value is -0.750. The van der Waals surface area contributed by atoms with Crippen molar-refractivity contribution in [3.8, 4) is 0 Å². The van der Waals surface area contributed by atoms with Crippen molar-refractivity contribution in [2.45, 2.75) is 25.4 Å². The van der Waals surface area contributed by atoms with Crippen molar-refractivity contribution >= 4 is 23.6 Å². The maximum absolute atomic E-state index is 11.8. The first-order valence-corrected chi connectivity index (χ1v) is 7.13. The van der Waals surface area contributed by atoms with Gasteiger partial charge < -0.3 is 14.7 Å². The van der Waals surface area contributed by atoms with Gasteiger partial charge in [0, 0.05) is 19.5 Å². The van der Waals surface area contributed by atoms with Crippen LogP contribution in [0, 0.1) is 0 Å². The number of nitrogens with zero attached hydrogens (tertiary/aromatic N) is 1. The Morgan fingerprint density at radius 2 is 2.29 bits per heavy atom. The Bertz CT molecular complexity index is 272. The summed E-state index contributed by atoms with van der Waals surface area (Å²) in [5.41, 5.74) is 0. The molecule has 1 saturated heterocycles. The summed E-state index contributed by atoms with van der Waals surface area (Å²) in [7, 11) is 0. The van der Waals surface area contributed by atoms with Gasteiger partial charge in [0.15, 0.2) is 0 Å². The first kappa shape index (κ1) is 14.3. The van der Waals surface area contributed by atoms with Crippen LogP contribution >= 0.6 is 11.8 Å². The second kappa shape index (κ2) is 7.55. The van der Waals surface area contributed by atoms with E-state index >= 15 is 0 Å². The number of thioether (sulfide) groups is 1. The summed E-state index contributed by atoms with van der Waals surface area (Å²) in [6, 6.07) is 0. The molecule has 98 valence electrons. The number of hydrogen-bond donors (Lipinski definition) is 1. The predicted molar refractivity (Wildman–Crippen MR) is 66.2 cm³/mol. The van der Waals surface area contributed by atoms with E-state index in [4.69, 9.17) is 9.84 Å². The van der Waals surface area contributed by atoms with Crippen LogP contribution in [0.2, 0.25) is 0 Å². The molecule has 1 fully saturated rings. The lowest BCUT2D eigenvalue weighted by molar-refractivity contribution is -0.147. The van der Waals surface area contributed by atoms with Gasteiger partial charge >= 0.3 is 5.97 Å². The molecule has 1 unspecified atom stereocenters. The van der Waals surface area contributed by atoms with Crippen molar-refractivity contribution in [2.75, 3.05) is 31.7 Å². The largest absolute Gasteiger partial charge is 0.481 e. The van der Waals surface area contributed by atoms with E-state index in [0.717, 1.165) is 12.2 Å². The van der Waals surface area contributed by atoms with Crippen LogP contribution in [0.25, 0.3) is 0 Å². The second-order valence-electron chi connectivity index (χ2n) is 4.03. The van der Waals surface area contributed by atoms with E-state index in [1.165, 1.54) is 0 Å². The van der Waals surface area contributed by atoms with Crippen LogP contribution in [-0.4, -0.2) is 59.7 Å². The molecule has 0 aromatic carbocycles. The van der Waals surface area contributed by atoms with E-state index < -0.39 is 5.97 Å². The monoisotopic (exact) mass is 261 g/mol. The van der Waals surface area contributed by atoms with Gasteiger partial charge in [-0.3, -0.25) is 9.59 Å². The van der Waals surface area contributed by atoms with Crippen molar-refractivity contribution in [1.82, 2.24) is 4.90 Å². The summed E-state index contributed by atoms with van der Waals surface area (Å²) in [4.78, 5) is 24.1. The lowest BCUT2D eigenvalue weighted by Gasteiger charge is -2.32. The van der Waals surface area contributed by atoms with Crippen molar-refractivity contribution < 1.29 is 19.4 Å². The van der Waals surface area contributed by atoms with E-state index in [1.807, 2.05) is 6.26 Å². The minimum Gasteiger partial charge on any atom is -0.481 e. The van der Waals surface area contributed by atoms with E-state index in [2.05, 4.69) is 0 Å². The van der Waals surface area contributed by atoms with Crippen LogP contribution in [0.1, 0.15) is 19.3 Å². The maximum atomic E-state index is 11.8. The van der Waals surface area contributed by atoms with Crippen LogP contribution in [0.3, 0.4) is 0 Å². The van der Waals surface area contributed by atoms with Gasteiger partial charge in [0.25, 0.3) is 0 Å². The molecular formula is C11H19NO4S. The third-order valence-electron chi connectivity index (χ3n) is 2.63. The van der Waals surface area contributed by atoms with Crippen molar-refractivity contribution in [3.05, 3.63) is 0 Å². The number of carbonyl (C=O) groups is 2. The van der Waals surface area contributed by atoms with Crippen molar-refractivity contribution in [1.29, 1.82) is 0 Å². The minimum absolute atomic E-state index is 0.0331. The van der Waals surface area contributed by atoms with Crippen molar-refractivity contribution in [2.24, 2.45) is 0 Å². The fraction of sp³-hybridized carbons (Fsp3) is 0.818. The third kappa shape index (κ3) is 5.41. The van der Waals surface area contributed by atoms with Gasteiger partial charge in [-0.15, -0.1) is 0 Å². The van der Waals surface area contributed by atoms with Crippen LogP contribution in [0.15, 0.2) is 0 Å². The van der Waals surface area contributed by atoms with Crippen LogP contribution in [0.5, 0.6) is 0 Å². The molecule has 1 amide bonds. The minimum atomic E-state index is -0.883. The number of aliphatic carboxylic acids is 1. The lowest BCUT2D eigenvalue weighted by Crippen LogP contribution is -2.46. The van der Waals surface area contributed by atoms with E-state index in [-0.39, 0.29) is 18.4 Å². The molecule has 0 spiro atoms. The Balaban J connectivity index is 2.32. The standard InChI is InChI=1S/C11H19NO4S/c1-17-6-2-3-10(13)12-4-5-16-9(8-12)7-11(14)15/h9H,2-8H2,1H3,(H,14,15). The van der Waals surface area contributed by atoms with Gasteiger partial charge in [0.1, 0.15) is 0 Å². The lowest BCUT2D eigenvalue weighted by atomic mass is 10.2. The summed E-state index contributed by atoms with van der Waals surface area (Å²) in [5.74, 6) is 0.207. The van der Waals surface area contributed by atoms with Crippen LogP contribution in [-0.2, 0) is 14.3 Å². The molecule has 1 atom stereocenters. The first-order valence-electron chi connectivity index (χ1n) is 5.73. The molecular weight excluding hydrogens is 242 g/mol. The highest BCUT2D eigenvalue weighted by molar-refractivity contribution is 7.98. The average Bonchev–Trinajstić information content (AvgIpc) is 2.28. The van der Waals surface area contributed by atoms with Gasteiger partial charge in [-0.2, -0.15) is 11.8 Å². The SMILES string of the molecule is CSCCCC(=O)N1CCOC(CC(=O)O)C1. The smallest absolute Gasteiger partial charge is 0.306 e. The summed E-state index contributed by atoms with van der Waals surface area (Å²) in [6.07, 6.45) is 3.05. The normalized spacial score (nSPS) is 20.3. The Labute approximate surface area is 105 Å². The molecule has 0 aromatic heterocycles. The molecule has 0 saturated carbocycles. The molecule has 0 aliphatic carbocycles. The molecule has 1 heterocycles. The molecule has 17 heavy (non-hydrogen) atoms. The molecule has 1 aliphatic rings. The zero-order valence-electron chi connectivity index (χ0n) is 10.1. The molecule has 1 rings (SSSR count). The van der Waals surface area contributed by atoms with Gasteiger partial charge in [-0.25, -0.2) is 0 Å². The Kier molecular flexibility index (Phi) is 6.36. The number of morpholine rings is 1. The summed E-state index contributed by atoms with van der Waals surface area (Å²) >= 11 is 1.73. The third-order valence-corrected chi connectivity index (χ3v) is 3.33. The highest BCUT2D eigenvalue weighted by Gasteiger charge is 2.25. The Morgan fingerprint density at radius 1 is 1.53 bits per heavy atom. The van der Waals surface area contributed by atoms with Gasteiger partial charge in [0.2, 0.25) is 5.91 Å². The molecule has 5 nitrogen and oxygen atoms in total. The second-order valence-corrected chi connectivity index (χ2v) is 5.01. The van der Waals surface area contributed by atoms with E-state index in [1.54, 1.807) is 16.7 Å². The number of amides is 1. The highest BCUT2D eigenvalue weighted by atomic mass is 32.2. The Morgan fingerprint density at radius 3 is 2.94 bits per heavy atom. The topological polar surface area (TPSA) is 66.8 Å². The fourth-order valence-electron chi connectivity index (χ4n) is 1.79. The summed E-state index contributed by atoms with van der Waals surface area (Å²) < 4.78 is 5.32. The predicted octanol–water partition coefficient (Wildman–Crippen LogP) is 0.832. The maximum Gasteiger partial charge on any atom is 0.306 e. The molecule has 6 heteroatoms. The number of hydrogen-bond acceptors (Lipinski definition) is 4. The molecule has 1 aliphatic heterocycles. The molecule has 0 aromatic rings. The van der Waals surface area contributed by atoms with E-state index in [9.17, 15) is 9.59 Å².